The molecule has 0 saturated carbocycles. The number of nitrogens with zero attached hydrogens (tertiary/aromatic N) is 3. The van der Waals surface area contributed by atoms with E-state index in [4.69, 9.17) is 4.74 Å². The minimum absolute atomic E-state index is 0.104. The summed E-state index contributed by atoms with van der Waals surface area (Å²) in [6.07, 6.45) is 3.08. The number of hydrogen-bond acceptors (Lipinski definition) is 5. The van der Waals surface area contributed by atoms with Gasteiger partial charge in [0.25, 0.3) is 0 Å². The Morgan fingerprint density at radius 3 is 3.22 bits per heavy atom. The van der Waals surface area contributed by atoms with Crippen LogP contribution in [0, 0.1) is 0 Å². The summed E-state index contributed by atoms with van der Waals surface area (Å²) >= 11 is 0. The van der Waals surface area contributed by atoms with E-state index in [2.05, 4.69) is 15.6 Å². The second kappa shape index (κ2) is 5.92. The lowest BCUT2D eigenvalue weighted by atomic mass is 10.2. The highest BCUT2D eigenvalue weighted by Crippen LogP contribution is 2.10. The van der Waals surface area contributed by atoms with Crippen LogP contribution in [0.15, 0.2) is 6.20 Å². The van der Waals surface area contributed by atoms with Crippen molar-refractivity contribution in [3.63, 3.8) is 0 Å². The van der Waals surface area contributed by atoms with Crippen molar-refractivity contribution in [1.29, 1.82) is 0 Å². The Labute approximate surface area is 105 Å². The third kappa shape index (κ3) is 3.51. The van der Waals surface area contributed by atoms with Crippen molar-refractivity contribution >= 4 is 5.91 Å². The Hall–Kier alpha value is -1.47. The van der Waals surface area contributed by atoms with Crippen molar-refractivity contribution in [3.05, 3.63) is 11.9 Å². The number of nitrogens with one attached hydrogen (secondary N) is 1. The smallest absolute Gasteiger partial charge is 0.241 e. The topological polar surface area (TPSA) is 89.3 Å². The first-order chi connectivity index (χ1) is 8.65. The summed E-state index contributed by atoms with van der Waals surface area (Å²) in [5.74, 6) is -0.132. The van der Waals surface area contributed by atoms with Crippen LogP contribution in [-0.4, -0.2) is 45.3 Å². The number of ether oxygens (including phenoxy) is 1. The Morgan fingerprint density at radius 2 is 2.61 bits per heavy atom. The summed E-state index contributed by atoms with van der Waals surface area (Å²) < 4.78 is 6.82. The molecule has 0 aliphatic carbocycles. The molecule has 0 radical (unpaired) electrons. The van der Waals surface area contributed by atoms with Crippen LogP contribution in [0.3, 0.4) is 0 Å². The quantitative estimate of drug-likeness (QED) is 0.748. The van der Waals surface area contributed by atoms with Crippen molar-refractivity contribution in [2.45, 2.75) is 38.5 Å². The van der Waals surface area contributed by atoms with Gasteiger partial charge in [0.05, 0.1) is 18.4 Å². The number of carbonyl (C=O) groups excluding carboxylic acids is 1. The summed E-state index contributed by atoms with van der Waals surface area (Å²) in [6, 6.07) is 0. The van der Waals surface area contributed by atoms with E-state index in [1.807, 2.05) is 0 Å². The van der Waals surface area contributed by atoms with E-state index in [0.29, 0.717) is 12.2 Å². The van der Waals surface area contributed by atoms with Crippen LogP contribution in [0.25, 0.3) is 0 Å². The molecule has 1 aliphatic heterocycles. The number of aromatic nitrogens is 3. The van der Waals surface area contributed by atoms with E-state index in [9.17, 15) is 9.90 Å². The molecule has 2 N–H and O–H groups in total. The highest BCUT2D eigenvalue weighted by Gasteiger charge is 2.16. The van der Waals surface area contributed by atoms with Crippen molar-refractivity contribution in [1.82, 2.24) is 20.3 Å². The zero-order chi connectivity index (χ0) is 13.0. The maximum atomic E-state index is 11.6. The largest absolute Gasteiger partial charge is 0.387 e. The molecule has 2 rings (SSSR count). The van der Waals surface area contributed by atoms with Gasteiger partial charge in [-0.15, -0.1) is 5.10 Å². The van der Waals surface area contributed by atoms with Gasteiger partial charge in [-0.25, -0.2) is 4.68 Å². The maximum Gasteiger partial charge on any atom is 0.241 e. The standard InChI is InChI=1S/C11H18N4O3/c1-8(16)10-6-15(14-13-10)7-11(17)12-5-9-3-2-4-18-9/h6,8-9,16H,2-5,7H2,1H3,(H,12,17). The lowest BCUT2D eigenvalue weighted by molar-refractivity contribution is -0.122. The summed E-state index contributed by atoms with van der Waals surface area (Å²) in [5.41, 5.74) is 0.460. The Balaban J connectivity index is 1.75. The fraction of sp³-hybridized carbons (Fsp3) is 0.727. The molecule has 1 aromatic heterocycles. The van der Waals surface area contributed by atoms with Gasteiger partial charge in [0, 0.05) is 13.2 Å². The van der Waals surface area contributed by atoms with Crippen LogP contribution in [-0.2, 0) is 16.1 Å². The van der Waals surface area contributed by atoms with Crippen LogP contribution >= 0.6 is 0 Å². The highest BCUT2D eigenvalue weighted by atomic mass is 16.5. The van der Waals surface area contributed by atoms with Gasteiger partial charge >= 0.3 is 0 Å². The molecule has 7 heteroatoms. The summed E-state index contributed by atoms with van der Waals surface area (Å²) in [6.45, 7) is 3.02. The fourth-order valence-electron chi connectivity index (χ4n) is 1.82. The van der Waals surface area contributed by atoms with Gasteiger partial charge < -0.3 is 15.2 Å². The van der Waals surface area contributed by atoms with Crippen LogP contribution in [0.4, 0.5) is 0 Å². The molecule has 18 heavy (non-hydrogen) atoms. The first kappa shape index (κ1) is 13.0. The molecule has 100 valence electrons. The first-order valence-corrected chi connectivity index (χ1v) is 6.11. The van der Waals surface area contributed by atoms with Crippen molar-refractivity contribution in [3.8, 4) is 0 Å². The first-order valence-electron chi connectivity index (χ1n) is 6.11. The minimum atomic E-state index is -0.672. The molecule has 0 spiro atoms. The number of carbonyl (C=O) groups is 1. The Bertz CT molecular complexity index is 399. The summed E-state index contributed by atoms with van der Waals surface area (Å²) in [7, 11) is 0. The number of amides is 1. The summed E-state index contributed by atoms with van der Waals surface area (Å²) in [4.78, 5) is 11.6. The zero-order valence-electron chi connectivity index (χ0n) is 10.4. The molecular weight excluding hydrogens is 236 g/mol. The molecule has 1 aliphatic rings. The van der Waals surface area contributed by atoms with Crippen LogP contribution < -0.4 is 5.32 Å². The molecule has 1 amide bonds. The second-order valence-corrected chi connectivity index (χ2v) is 4.46. The summed E-state index contributed by atoms with van der Waals surface area (Å²) in [5, 5.41) is 19.6. The third-order valence-electron chi connectivity index (χ3n) is 2.84. The Morgan fingerprint density at radius 1 is 1.78 bits per heavy atom. The highest BCUT2D eigenvalue weighted by molar-refractivity contribution is 5.75. The minimum Gasteiger partial charge on any atom is -0.387 e. The van der Waals surface area contributed by atoms with E-state index in [0.717, 1.165) is 19.4 Å². The van der Waals surface area contributed by atoms with E-state index in [1.165, 1.54) is 4.68 Å². The predicted molar refractivity (Wildman–Crippen MR) is 62.6 cm³/mol. The molecule has 2 atom stereocenters. The molecule has 7 nitrogen and oxygen atoms in total. The number of rotatable bonds is 5. The van der Waals surface area contributed by atoms with E-state index < -0.39 is 6.10 Å². The predicted octanol–water partition coefficient (Wildman–Crippen LogP) is -0.373. The van der Waals surface area contributed by atoms with E-state index in [-0.39, 0.29) is 18.6 Å². The number of aliphatic hydroxyl groups excluding tert-OH is 1. The number of aliphatic hydroxyl groups is 1. The van der Waals surface area contributed by atoms with Gasteiger partial charge in [-0.3, -0.25) is 4.79 Å². The van der Waals surface area contributed by atoms with Crippen molar-refractivity contribution < 1.29 is 14.6 Å². The van der Waals surface area contributed by atoms with Gasteiger partial charge in [0.2, 0.25) is 5.91 Å². The van der Waals surface area contributed by atoms with Crippen LogP contribution in [0.2, 0.25) is 0 Å². The lowest BCUT2D eigenvalue weighted by Crippen LogP contribution is -2.34. The van der Waals surface area contributed by atoms with Gasteiger partial charge in [0.15, 0.2) is 0 Å². The van der Waals surface area contributed by atoms with Gasteiger partial charge in [-0.05, 0) is 19.8 Å². The molecule has 1 aromatic rings. The molecule has 0 bridgehead atoms. The molecule has 1 fully saturated rings. The van der Waals surface area contributed by atoms with E-state index >= 15 is 0 Å². The van der Waals surface area contributed by atoms with Crippen molar-refractivity contribution in [2.75, 3.05) is 13.2 Å². The average Bonchev–Trinajstić information content (AvgIpc) is 2.96. The fourth-order valence-corrected chi connectivity index (χ4v) is 1.82. The zero-order valence-corrected chi connectivity index (χ0v) is 10.4. The maximum absolute atomic E-state index is 11.6. The van der Waals surface area contributed by atoms with E-state index in [1.54, 1.807) is 13.1 Å². The molecule has 1 saturated heterocycles. The monoisotopic (exact) mass is 254 g/mol. The molecule has 0 aromatic carbocycles. The molecule has 2 heterocycles. The molecule has 2 unspecified atom stereocenters. The normalized spacial score (nSPS) is 20.9. The van der Waals surface area contributed by atoms with Crippen LogP contribution in [0.1, 0.15) is 31.6 Å². The average molecular weight is 254 g/mol. The van der Waals surface area contributed by atoms with Crippen LogP contribution in [0.5, 0.6) is 0 Å². The third-order valence-corrected chi connectivity index (χ3v) is 2.84. The van der Waals surface area contributed by atoms with Gasteiger partial charge in [-0.2, -0.15) is 0 Å². The lowest BCUT2D eigenvalue weighted by Gasteiger charge is -2.10. The van der Waals surface area contributed by atoms with Crippen molar-refractivity contribution in [2.24, 2.45) is 0 Å². The van der Waals surface area contributed by atoms with Gasteiger partial charge in [0.1, 0.15) is 12.2 Å². The molecular formula is C11H18N4O3. The second-order valence-electron chi connectivity index (χ2n) is 4.46. The van der Waals surface area contributed by atoms with Gasteiger partial charge in [-0.1, -0.05) is 5.21 Å². The Kier molecular flexibility index (Phi) is 4.27. The SMILES string of the molecule is CC(O)c1cn(CC(=O)NCC2CCCO2)nn1. The number of hydrogen-bond donors (Lipinski definition) is 2.